The van der Waals surface area contributed by atoms with Gasteiger partial charge in [0.25, 0.3) is 0 Å². The molecule has 0 bridgehead atoms. The molecule has 8 nitrogen and oxygen atoms in total. The number of imidazole rings is 1. The van der Waals surface area contributed by atoms with Gasteiger partial charge in [0.1, 0.15) is 18.4 Å². The third kappa shape index (κ3) is 3.13. The van der Waals surface area contributed by atoms with E-state index < -0.39 is 0 Å². The van der Waals surface area contributed by atoms with Crippen molar-refractivity contribution in [2.24, 2.45) is 0 Å². The SMILES string of the molecule is COCC(=O)N1CCc2[nH]cnc2C12CCN(Cc1c[nH]c(C#N)c1)CC2. The second kappa shape index (κ2) is 7.18. The van der Waals surface area contributed by atoms with Crippen LogP contribution in [0.5, 0.6) is 0 Å². The number of aromatic nitrogens is 3. The van der Waals surface area contributed by atoms with E-state index >= 15 is 0 Å². The molecule has 1 amide bonds. The van der Waals surface area contributed by atoms with Crippen molar-refractivity contribution in [2.45, 2.75) is 31.3 Å². The first-order chi connectivity index (χ1) is 13.2. The molecule has 142 valence electrons. The number of amides is 1. The standard InChI is InChI=1S/C19H24N6O2/c1-27-12-17(26)25-5-2-16-18(23-13-22-16)19(25)3-6-24(7-4-19)11-14-8-15(9-20)21-10-14/h8,10,13,21H,2-7,11-12H2,1H3,(H,22,23). The van der Waals surface area contributed by atoms with Crippen molar-refractivity contribution < 1.29 is 9.53 Å². The maximum atomic E-state index is 12.7. The van der Waals surface area contributed by atoms with Crippen molar-refractivity contribution in [1.29, 1.82) is 5.26 Å². The summed E-state index contributed by atoms with van der Waals surface area (Å²) >= 11 is 0. The number of carbonyl (C=O) groups is 1. The molecule has 2 aromatic heterocycles. The fraction of sp³-hybridized carbons (Fsp3) is 0.526. The molecule has 2 N–H and O–H groups in total. The molecule has 0 saturated carbocycles. The number of hydrogen-bond donors (Lipinski definition) is 2. The average Bonchev–Trinajstić information content (AvgIpc) is 3.33. The summed E-state index contributed by atoms with van der Waals surface area (Å²) in [5, 5.41) is 8.97. The van der Waals surface area contributed by atoms with Gasteiger partial charge in [0, 0.05) is 51.6 Å². The Morgan fingerprint density at radius 1 is 1.37 bits per heavy atom. The minimum Gasteiger partial charge on any atom is -0.375 e. The summed E-state index contributed by atoms with van der Waals surface area (Å²) in [4.78, 5) is 27.9. The Morgan fingerprint density at radius 3 is 2.89 bits per heavy atom. The van der Waals surface area contributed by atoms with Gasteiger partial charge in [0.05, 0.1) is 17.6 Å². The summed E-state index contributed by atoms with van der Waals surface area (Å²) in [7, 11) is 1.56. The molecule has 0 aliphatic carbocycles. The lowest BCUT2D eigenvalue weighted by Crippen LogP contribution is -2.58. The van der Waals surface area contributed by atoms with Crippen LogP contribution < -0.4 is 0 Å². The summed E-state index contributed by atoms with van der Waals surface area (Å²) in [5.41, 5.74) is 3.51. The molecule has 27 heavy (non-hydrogen) atoms. The normalized spacial score (nSPS) is 19.0. The van der Waals surface area contributed by atoms with E-state index in [4.69, 9.17) is 10.00 Å². The molecule has 2 aliphatic rings. The minimum atomic E-state index is -0.352. The highest BCUT2D eigenvalue weighted by Gasteiger charge is 2.48. The zero-order valence-electron chi connectivity index (χ0n) is 15.5. The van der Waals surface area contributed by atoms with Crippen LogP contribution in [-0.2, 0) is 28.0 Å². The predicted octanol–water partition coefficient (Wildman–Crippen LogP) is 1.13. The van der Waals surface area contributed by atoms with Crippen LogP contribution in [0.4, 0.5) is 0 Å². The summed E-state index contributed by atoms with van der Waals surface area (Å²) in [6.07, 6.45) is 6.12. The Bertz CT molecular complexity index is 856. The smallest absolute Gasteiger partial charge is 0.249 e. The van der Waals surface area contributed by atoms with Gasteiger partial charge < -0.3 is 19.6 Å². The zero-order chi connectivity index (χ0) is 18.9. The third-order valence-electron chi connectivity index (χ3n) is 5.78. The lowest BCUT2D eigenvalue weighted by Gasteiger charge is -2.50. The summed E-state index contributed by atoms with van der Waals surface area (Å²) in [5.74, 6) is 0.0314. The van der Waals surface area contributed by atoms with Gasteiger partial charge in [-0.05, 0) is 24.5 Å². The third-order valence-corrected chi connectivity index (χ3v) is 5.78. The first kappa shape index (κ1) is 17.8. The lowest BCUT2D eigenvalue weighted by molar-refractivity contribution is -0.146. The Hall–Kier alpha value is -2.63. The number of ether oxygens (including phenoxy) is 1. The Kier molecular flexibility index (Phi) is 4.72. The van der Waals surface area contributed by atoms with Crippen LogP contribution in [-0.4, -0.2) is 64.0 Å². The first-order valence-electron chi connectivity index (χ1n) is 9.28. The number of piperidine rings is 1. The molecule has 1 fully saturated rings. The van der Waals surface area contributed by atoms with E-state index in [1.54, 1.807) is 13.4 Å². The average molecular weight is 368 g/mol. The largest absolute Gasteiger partial charge is 0.375 e. The predicted molar refractivity (Wildman–Crippen MR) is 97.6 cm³/mol. The molecule has 0 unspecified atom stereocenters. The number of methoxy groups -OCH3 is 1. The van der Waals surface area contributed by atoms with Gasteiger partial charge in [0.15, 0.2) is 0 Å². The molecular weight excluding hydrogens is 344 g/mol. The quantitative estimate of drug-likeness (QED) is 0.843. The highest BCUT2D eigenvalue weighted by atomic mass is 16.5. The number of nitrogens with one attached hydrogen (secondary N) is 2. The fourth-order valence-corrected chi connectivity index (χ4v) is 4.48. The molecule has 0 radical (unpaired) electrons. The molecule has 4 heterocycles. The number of H-pyrrole nitrogens is 2. The fourth-order valence-electron chi connectivity index (χ4n) is 4.48. The highest BCUT2D eigenvalue weighted by molar-refractivity contribution is 5.79. The molecule has 1 spiro atoms. The summed E-state index contributed by atoms with van der Waals surface area (Å²) in [6.45, 7) is 3.34. The van der Waals surface area contributed by atoms with Gasteiger partial charge >= 0.3 is 0 Å². The van der Waals surface area contributed by atoms with Crippen molar-refractivity contribution in [2.75, 3.05) is 33.4 Å². The van der Waals surface area contributed by atoms with E-state index in [0.29, 0.717) is 12.2 Å². The zero-order valence-corrected chi connectivity index (χ0v) is 15.5. The number of aromatic amines is 2. The van der Waals surface area contributed by atoms with Gasteiger partial charge in [-0.25, -0.2) is 4.98 Å². The van der Waals surface area contributed by atoms with E-state index in [9.17, 15) is 4.79 Å². The Balaban J connectivity index is 1.53. The van der Waals surface area contributed by atoms with E-state index in [0.717, 1.165) is 55.8 Å². The van der Waals surface area contributed by atoms with Gasteiger partial charge in [-0.2, -0.15) is 5.26 Å². The maximum absolute atomic E-state index is 12.7. The topological polar surface area (TPSA) is 101 Å². The summed E-state index contributed by atoms with van der Waals surface area (Å²) in [6, 6.07) is 4.02. The van der Waals surface area contributed by atoms with Crippen LogP contribution in [0.2, 0.25) is 0 Å². The van der Waals surface area contributed by atoms with Crippen molar-refractivity contribution in [3.05, 3.63) is 41.2 Å². The number of nitrogens with zero attached hydrogens (tertiary/aromatic N) is 4. The van der Waals surface area contributed by atoms with Crippen LogP contribution in [0.1, 0.15) is 35.5 Å². The van der Waals surface area contributed by atoms with Gasteiger partial charge in [0.2, 0.25) is 5.91 Å². The molecule has 0 aromatic carbocycles. The Morgan fingerprint density at radius 2 is 2.19 bits per heavy atom. The molecule has 4 rings (SSSR count). The van der Waals surface area contributed by atoms with Crippen LogP contribution in [0.25, 0.3) is 0 Å². The molecule has 2 aliphatic heterocycles. The monoisotopic (exact) mass is 368 g/mol. The number of nitriles is 1. The van der Waals surface area contributed by atoms with Crippen molar-refractivity contribution in [1.82, 2.24) is 24.8 Å². The van der Waals surface area contributed by atoms with E-state index in [1.807, 2.05) is 17.2 Å². The second-order valence-electron chi connectivity index (χ2n) is 7.30. The molecule has 2 aromatic rings. The van der Waals surface area contributed by atoms with Gasteiger partial charge in [-0.15, -0.1) is 0 Å². The van der Waals surface area contributed by atoms with Crippen LogP contribution >= 0.6 is 0 Å². The number of carbonyl (C=O) groups excluding carboxylic acids is 1. The van der Waals surface area contributed by atoms with Crippen molar-refractivity contribution in [3.8, 4) is 6.07 Å². The van der Waals surface area contributed by atoms with Crippen molar-refractivity contribution in [3.63, 3.8) is 0 Å². The number of hydrogen-bond acceptors (Lipinski definition) is 5. The number of likely N-dealkylation sites (tertiary alicyclic amines) is 1. The second-order valence-corrected chi connectivity index (χ2v) is 7.30. The van der Waals surface area contributed by atoms with Crippen LogP contribution in [0.15, 0.2) is 18.6 Å². The lowest BCUT2D eigenvalue weighted by atomic mass is 9.78. The van der Waals surface area contributed by atoms with Gasteiger partial charge in [-0.1, -0.05) is 0 Å². The van der Waals surface area contributed by atoms with Crippen LogP contribution in [0.3, 0.4) is 0 Å². The van der Waals surface area contributed by atoms with Crippen molar-refractivity contribution >= 4 is 5.91 Å². The molecule has 1 saturated heterocycles. The number of fused-ring (bicyclic) bond motifs is 2. The highest BCUT2D eigenvalue weighted by Crippen LogP contribution is 2.42. The molecule has 8 heteroatoms. The van der Waals surface area contributed by atoms with E-state index in [2.05, 4.69) is 25.9 Å². The number of rotatable bonds is 4. The molecule has 0 atom stereocenters. The first-order valence-corrected chi connectivity index (χ1v) is 9.28. The van der Waals surface area contributed by atoms with E-state index in [-0.39, 0.29) is 18.1 Å². The molecular formula is C19H24N6O2. The minimum absolute atomic E-state index is 0.0314. The maximum Gasteiger partial charge on any atom is 0.249 e. The Labute approximate surface area is 158 Å². The van der Waals surface area contributed by atoms with E-state index in [1.165, 1.54) is 0 Å². The van der Waals surface area contributed by atoms with Crippen LogP contribution in [0, 0.1) is 11.3 Å². The van der Waals surface area contributed by atoms with Gasteiger partial charge in [-0.3, -0.25) is 9.69 Å². The summed E-state index contributed by atoms with van der Waals surface area (Å²) < 4.78 is 5.11.